The monoisotopic (exact) mass is 225 g/mol. The van der Waals surface area contributed by atoms with Crippen molar-refractivity contribution in [2.45, 2.75) is 51.2 Å². The summed E-state index contributed by atoms with van der Waals surface area (Å²) in [7, 11) is 0. The fraction of sp³-hybridized carbons (Fsp3) is 0.818. The molecule has 0 radical (unpaired) electrons. The van der Waals surface area contributed by atoms with Gasteiger partial charge in [0.15, 0.2) is 0 Å². The average Bonchev–Trinajstić information content (AvgIpc) is 2.84. The summed E-state index contributed by atoms with van der Waals surface area (Å²) < 4.78 is 10.8. The zero-order valence-electron chi connectivity index (χ0n) is 9.90. The maximum absolute atomic E-state index is 5.99. The predicted octanol–water partition coefficient (Wildman–Crippen LogP) is 1.90. The van der Waals surface area contributed by atoms with E-state index in [-0.39, 0.29) is 11.6 Å². The molecular weight excluding hydrogens is 206 g/mol. The van der Waals surface area contributed by atoms with Crippen molar-refractivity contribution in [2.24, 2.45) is 5.73 Å². The van der Waals surface area contributed by atoms with Crippen molar-refractivity contribution in [2.75, 3.05) is 6.61 Å². The lowest BCUT2D eigenvalue weighted by Gasteiger charge is -2.11. The second kappa shape index (κ2) is 4.51. The van der Waals surface area contributed by atoms with Crippen LogP contribution < -0.4 is 5.73 Å². The van der Waals surface area contributed by atoms with Crippen LogP contribution in [0, 0.1) is 0 Å². The molecule has 0 amide bonds. The van der Waals surface area contributed by atoms with Gasteiger partial charge in [-0.1, -0.05) is 18.5 Å². The van der Waals surface area contributed by atoms with Gasteiger partial charge < -0.3 is 15.0 Å². The first-order chi connectivity index (χ1) is 7.69. The van der Waals surface area contributed by atoms with E-state index in [0.717, 1.165) is 25.7 Å². The summed E-state index contributed by atoms with van der Waals surface area (Å²) in [4.78, 5) is 4.35. The van der Waals surface area contributed by atoms with Crippen LogP contribution in [0.25, 0.3) is 0 Å². The van der Waals surface area contributed by atoms with Crippen LogP contribution in [0.1, 0.15) is 57.3 Å². The molecule has 5 heteroatoms. The Morgan fingerprint density at radius 2 is 2.25 bits per heavy atom. The molecule has 1 atom stereocenters. The van der Waals surface area contributed by atoms with Crippen molar-refractivity contribution in [3.8, 4) is 0 Å². The largest absolute Gasteiger partial charge is 0.370 e. The van der Waals surface area contributed by atoms with Crippen molar-refractivity contribution < 1.29 is 9.26 Å². The molecule has 1 heterocycles. The zero-order valence-corrected chi connectivity index (χ0v) is 9.90. The molecule has 0 aromatic carbocycles. The standard InChI is InChI=1S/C11H19N3O2/c1-3-5-8(15-4-2)9-13-10(16-14-9)11(12)6-7-11/h8H,3-7,12H2,1-2H3. The Balaban J connectivity index is 2.09. The van der Waals surface area contributed by atoms with Crippen LogP contribution in [0.15, 0.2) is 4.52 Å². The minimum absolute atomic E-state index is 0.0603. The second-order valence-corrected chi connectivity index (χ2v) is 4.35. The van der Waals surface area contributed by atoms with Crippen molar-refractivity contribution in [1.82, 2.24) is 10.1 Å². The molecule has 1 aliphatic rings. The number of nitrogens with two attached hydrogens (primary N) is 1. The maximum Gasteiger partial charge on any atom is 0.246 e. The molecule has 0 spiro atoms. The lowest BCUT2D eigenvalue weighted by atomic mass is 10.2. The normalized spacial score (nSPS) is 19.7. The Hall–Kier alpha value is -0.940. The molecule has 1 fully saturated rings. The third-order valence-corrected chi connectivity index (χ3v) is 2.86. The van der Waals surface area contributed by atoms with E-state index in [1.165, 1.54) is 0 Å². The van der Waals surface area contributed by atoms with E-state index in [9.17, 15) is 0 Å². The summed E-state index contributed by atoms with van der Waals surface area (Å²) in [6.07, 6.45) is 3.74. The highest BCUT2D eigenvalue weighted by atomic mass is 16.5. The molecule has 1 aliphatic carbocycles. The van der Waals surface area contributed by atoms with Gasteiger partial charge in [0.2, 0.25) is 11.7 Å². The van der Waals surface area contributed by atoms with Crippen LogP contribution in [-0.4, -0.2) is 16.7 Å². The van der Waals surface area contributed by atoms with Gasteiger partial charge in [-0.25, -0.2) is 0 Å². The topological polar surface area (TPSA) is 74.2 Å². The summed E-state index contributed by atoms with van der Waals surface area (Å²) in [6, 6.07) is 0. The van der Waals surface area contributed by atoms with E-state index in [1.807, 2.05) is 6.92 Å². The summed E-state index contributed by atoms with van der Waals surface area (Å²) >= 11 is 0. The number of hydrogen-bond acceptors (Lipinski definition) is 5. The zero-order chi connectivity index (χ0) is 11.6. The minimum Gasteiger partial charge on any atom is -0.370 e. The molecule has 5 nitrogen and oxygen atoms in total. The molecule has 90 valence electrons. The first-order valence-corrected chi connectivity index (χ1v) is 5.94. The Morgan fingerprint density at radius 1 is 1.50 bits per heavy atom. The van der Waals surface area contributed by atoms with E-state index in [4.69, 9.17) is 15.0 Å². The van der Waals surface area contributed by atoms with Crippen LogP contribution in [0.4, 0.5) is 0 Å². The van der Waals surface area contributed by atoms with Crippen LogP contribution in [-0.2, 0) is 10.3 Å². The van der Waals surface area contributed by atoms with Gasteiger partial charge >= 0.3 is 0 Å². The summed E-state index contributed by atoms with van der Waals surface area (Å²) in [5.41, 5.74) is 5.64. The number of ether oxygens (including phenoxy) is 1. The number of rotatable bonds is 6. The molecule has 1 aromatic rings. The fourth-order valence-corrected chi connectivity index (χ4v) is 1.67. The summed E-state index contributed by atoms with van der Waals surface area (Å²) in [5, 5.41) is 3.97. The van der Waals surface area contributed by atoms with Gasteiger partial charge in [0.25, 0.3) is 0 Å². The molecule has 2 rings (SSSR count). The quantitative estimate of drug-likeness (QED) is 0.800. The second-order valence-electron chi connectivity index (χ2n) is 4.35. The van der Waals surface area contributed by atoms with Crippen molar-refractivity contribution in [3.05, 3.63) is 11.7 Å². The van der Waals surface area contributed by atoms with Gasteiger partial charge in [0.05, 0.1) is 5.54 Å². The Kier molecular flexibility index (Phi) is 3.25. The molecule has 0 aliphatic heterocycles. The van der Waals surface area contributed by atoms with Gasteiger partial charge in [-0.2, -0.15) is 4.98 Å². The molecule has 1 aromatic heterocycles. The maximum atomic E-state index is 5.99. The fourth-order valence-electron chi connectivity index (χ4n) is 1.67. The van der Waals surface area contributed by atoms with Crippen LogP contribution in [0.5, 0.6) is 0 Å². The van der Waals surface area contributed by atoms with Crippen molar-refractivity contribution >= 4 is 0 Å². The third kappa shape index (κ3) is 2.25. The predicted molar refractivity (Wildman–Crippen MR) is 58.7 cm³/mol. The number of hydrogen-bond donors (Lipinski definition) is 1. The molecule has 16 heavy (non-hydrogen) atoms. The van der Waals surface area contributed by atoms with Gasteiger partial charge in [-0.15, -0.1) is 0 Å². The highest BCUT2D eigenvalue weighted by molar-refractivity contribution is 5.12. The minimum atomic E-state index is -0.353. The van der Waals surface area contributed by atoms with Crippen molar-refractivity contribution in [3.63, 3.8) is 0 Å². The SMILES string of the molecule is CCCC(OCC)c1noc(C2(N)CC2)n1. The number of nitrogens with zero attached hydrogens (tertiary/aromatic N) is 2. The van der Waals surface area contributed by atoms with Gasteiger partial charge in [0, 0.05) is 6.61 Å². The molecule has 0 bridgehead atoms. The molecule has 2 N–H and O–H groups in total. The van der Waals surface area contributed by atoms with Crippen LogP contribution in [0.3, 0.4) is 0 Å². The van der Waals surface area contributed by atoms with E-state index < -0.39 is 0 Å². The molecule has 1 unspecified atom stereocenters. The Bertz CT molecular complexity index is 341. The van der Waals surface area contributed by atoms with E-state index in [2.05, 4.69) is 17.1 Å². The molecule has 0 saturated heterocycles. The highest BCUT2D eigenvalue weighted by Crippen LogP contribution is 2.42. The average molecular weight is 225 g/mol. The smallest absolute Gasteiger partial charge is 0.246 e. The van der Waals surface area contributed by atoms with Crippen molar-refractivity contribution in [1.29, 1.82) is 0 Å². The van der Waals surface area contributed by atoms with Crippen LogP contribution >= 0.6 is 0 Å². The van der Waals surface area contributed by atoms with Crippen LogP contribution in [0.2, 0.25) is 0 Å². The number of aromatic nitrogens is 2. The Morgan fingerprint density at radius 3 is 2.81 bits per heavy atom. The first-order valence-electron chi connectivity index (χ1n) is 5.94. The molecular formula is C11H19N3O2. The highest BCUT2D eigenvalue weighted by Gasteiger charge is 2.45. The third-order valence-electron chi connectivity index (χ3n) is 2.86. The van der Waals surface area contributed by atoms with E-state index in [0.29, 0.717) is 18.3 Å². The lowest BCUT2D eigenvalue weighted by Crippen LogP contribution is -2.19. The summed E-state index contributed by atoms with van der Waals surface area (Å²) in [5.74, 6) is 1.19. The van der Waals surface area contributed by atoms with Gasteiger partial charge in [-0.3, -0.25) is 0 Å². The van der Waals surface area contributed by atoms with E-state index in [1.54, 1.807) is 0 Å². The Labute approximate surface area is 95.3 Å². The molecule has 1 saturated carbocycles. The summed E-state index contributed by atoms with van der Waals surface area (Å²) in [6.45, 7) is 4.73. The first kappa shape index (κ1) is 11.5. The van der Waals surface area contributed by atoms with Gasteiger partial charge in [0.1, 0.15) is 6.10 Å². The lowest BCUT2D eigenvalue weighted by molar-refractivity contribution is 0.0477. The van der Waals surface area contributed by atoms with E-state index >= 15 is 0 Å². The van der Waals surface area contributed by atoms with Gasteiger partial charge in [-0.05, 0) is 26.2 Å².